The van der Waals surface area contributed by atoms with Gasteiger partial charge in [0.1, 0.15) is 5.82 Å². The Morgan fingerprint density at radius 2 is 1.67 bits per heavy atom. The maximum absolute atomic E-state index is 13.1. The Labute approximate surface area is 172 Å². The summed E-state index contributed by atoms with van der Waals surface area (Å²) in [6.45, 7) is 0.479. The summed E-state index contributed by atoms with van der Waals surface area (Å²) in [7, 11) is -3.70. The molecule has 1 aliphatic heterocycles. The predicted octanol–water partition coefficient (Wildman–Crippen LogP) is 4.24. The molecule has 2 aromatic rings. The van der Waals surface area contributed by atoms with Gasteiger partial charge in [0.25, 0.3) is 0 Å². The number of carbonyl (C=O) groups excluding carboxylic acids is 1. The van der Waals surface area contributed by atoms with E-state index in [-0.39, 0.29) is 30.2 Å². The zero-order chi connectivity index (χ0) is 21.9. The highest BCUT2D eigenvalue weighted by Crippen LogP contribution is 2.29. The summed E-state index contributed by atoms with van der Waals surface area (Å²) in [6.07, 6.45) is -3.13. The number of nitrogens with zero attached hydrogens (tertiary/aromatic N) is 1. The van der Waals surface area contributed by atoms with Gasteiger partial charge in [0, 0.05) is 19.5 Å². The number of amides is 1. The van der Waals surface area contributed by atoms with Crippen LogP contribution in [0, 0.1) is 5.82 Å². The molecule has 1 fully saturated rings. The van der Waals surface area contributed by atoms with Gasteiger partial charge in [-0.15, -0.1) is 0 Å². The molecule has 30 heavy (non-hydrogen) atoms. The van der Waals surface area contributed by atoms with E-state index in [1.807, 2.05) is 0 Å². The van der Waals surface area contributed by atoms with Crippen molar-refractivity contribution in [2.45, 2.75) is 42.0 Å². The number of hydrogen-bond acceptors (Lipinski definition) is 3. The summed E-state index contributed by atoms with van der Waals surface area (Å²) < 4.78 is 76.6. The van der Waals surface area contributed by atoms with Crippen LogP contribution < -0.4 is 0 Å². The predicted molar refractivity (Wildman–Crippen MR) is 103 cm³/mol. The number of likely N-dealkylation sites (tertiary alicyclic amines) is 1. The van der Waals surface area contributed by atoms with Gasteiger partial charge >= 0.3 is 6.18 Å². The molecule has 0 radical (unpaired) electrons. The lowest BCUT2D eigenvalue weighted by Gasteiger charge is -2.32. The van der Waals surface area contributed by atoms with Crippen LogP contribution in [0.4, 0.5) is 17.6 Å². The Bertz CT molecular complexity index is 986. The van der Waals surface area contributed by atoms with E-state index in [0.29, 0.717) is 24.9 Å². The van der Waals surface area contributed by atoms with E-state index in [4.69, 9.17) is 0 Å². The first kappa shape index (κ1) is 22.3. The Balaban J connectivity index is 1.61. The van der Waals surface area contributed by atoms with Gasteiger partial charge in [0.2, 0.25) is 5.91 Å². The van der Waals surface area contributed by atoms with Crippen LogP contribution in [0.25, 0.3) is 0 Å². The molecular formula is C21H21F4NO3S. The zero-order valence-electron chi connectivity index (χ0n) is 16.0. The van der Waals surface area contributed by atoms with E-state index >= 15 is 0 Å². The second-order valence-corrected chi connectivity index (χ2v) is 9.53. The smallest absolute Gasteiger partial charge is 0.341 e. The molecule has 1 aliphatic rings. The van der Waals surface area contributed by atoms with E-state index in [2.05, 4.69) is 0 Å². The number of benzene rings is 2. The molecule has 0 aromatic heterocycles. The van der Waals surface area contributed by atoms with Crippen LogP contribution in [-0.4, -0.2) is 37.6 Å². The van der Waals surface area contributed by atoms with Crippen molar-refractivity contribution >= 4 is 15.7 Å². The molecule has 0 saturated carbocycles. The minimum Gasteiger partial charge on any atom is -0.341 e. The fourth-order valence-corrected chi connectivity index (χ4v) is 5.26. The summed E-state index contributed by atoms with van der Waals surface area (Å²) in [6, 6.07) is 9.25. The van der Waals surface area contributed by atoms with Crippen LogP contribution in [0.1, 0.15) is 30.4 Å². The van der Waals surface area contributed by atoms with Crippen molar-refractivity contribution in [2.24, 2.45) is 0 Å². The van der Waals surface area contributed by atoms with Gasteiger partial charge in [-0.2, -0.15) is 13.2 Å². The molecule has 0 aliphatic carbocycles. The summed E-state index contributed by atoms with van der Waals surface area (Å²) in [5.74, 6) is -0.772. The standard InChI is InChI=1S/C21H21F4NO3S/c22-17-8-10-18(11-9-17)30(28,29)19-2-1-13-26(14-19)20(27)12-5-15-3-6-16(7-4-15)21(23,24)25/h3-4,6-11,19H,1-2,5,12-14H2. The SMILES string of the molecule is O=C(CCc1ccc(C(F)(F)F)cc1)N1CCCC(S(=O)(=O)c2ccc(F)cc2)C1. The average molecular weight is 443 g/mol. The third kappa shape index (κ3) is 5.19. The number of halogens is 4. The van der Waals surface area contributed by atoms with Crippen molar-refractivity contribution < 1.29 is 30.8 Å². The minimum atomic E-state index is -4.41. The third-order valence-corrected chi connectivity index (χ3v) is 7.41. The molecule has 1 unspecified atom stereocenters. The number of aryl methyl sites for hydroxylation is 1. The molecular weight excluding hydrogens is 422 g/mol. The van der Waals surface area contributed by atoms with Gasteiger partial charge in [-0.1, -0.05) is 12.1 Å². The van der Waals surface area contributed by atoms with Crippen molar-refractivity contribution in [3.63, 3.8) is 0 Å². The second-order valence-electron chi connectivity index (χ2n) is 7.30. The van der Waals surface area contributed by atoms with Crippen LogP contribution in [0.5, 0.6) is 0 Å². The summed E-state index contributed by atoms with van der Waals surface area (Å²) >= 11 is 0. The Morgan fingerprint density at radius 1 is 1.03 bits per heavy atom. The molecule has 9 heteroatoms. The van der Waals surface area contributed by atoms with Crippen molar-refractivity contribution in [2.75, 3.05) is 13.1 Å². The highest BCUT2D eigenvalue weighted by molar-refractivity contribution is 7.92. The van der Waals surface area contributed by atoms with Crippen LogP contribution in [-0.2, 0) is 27.2 Å². The Morgan fingerprint density at radius 3 is 2.27 bits per heavy atom. The molecule has 4 nitrogen and oxygen atoms in total. The molecule has 2 aromatic carbocycles. The first-order valence-electron chi connectivity index (χ1n) is 9.51. The van der Waals surface area contributed by atoms with Gasteiger partial charge in [-0.25, -0.2) is 12.8 Å². The zero-order valence-corrected chi connectivity index (χ0v) is 16.8. The van der Waals surface area contributed by atoms with Gasteiger partial charge in [-0.3, -0.25) is 4.79 Å². The average Bonchev–Trinajstić information content (AvgIpc) is 2.72. The fraction of sp³-hybridized carbons (Fsp3) is 0.381. The van der Waals surface area contributed by atoms with Gasteiger partial charge in [0.05, 0.1) is 15.7 Å². The fourth-order valence-electron chi connectivity index (χ4n) is 3.50. The van der Waals surface area contributed by atoms with Gasteiger partial charge in [-0.05, 0) is 61.2 Å². The molecule has 0 bridgehead atoms. The lowest BCUT2D eigenvalue weighted by Crippen LogP contribution is -2.45. The minimum absolute atomic E-state index is 0.0213. The molecule has 0 N–H and O–H groups in total. The van der Waals surface area contributed by atoms with E-state index in [9.17, 15) is 30.8 Å². The summed E-state index contributed by atoms with van der Waals surface area (Å²) in [5.41, 5.74) is -0.147. The topological polar surface area (TPSA) is 54.5 Å². The number of alkyl halides is 3. The quantitative estimate of drug-likeness (QED) is 0.513. The Hall–Kier alpha value is -2.42. The van der Waals surface area contributed by atoms with Crippen LogP contribution in [0.3, 0.4) is 0 Å². The highest BCUT2D eigenvalue weighted by Gasteiger charge is 2.34. The van der Waals surface area contributed by atoms with E-state index < -0.39 is 32.6 Å². The maximum atomic E-state index is 13.1. The number of carbonyl (C=O) groups is 1. The molecule has 1 heterocycles. The van der Waals surface area contributed by atoms with Crippen LogP contribution >= 0.6 is 0 Å². The second kappa shape index (κ2) is 8.75. The molecule has 1 amide bonds. The van der Waals surface area contributed by atoms with E-state index in [0.717, 1.165) is 24.3 Å². The monoisotopic (exact) mass is 443 g/mol. The summed E-state index contributed by atoms with van der Waals surface area (Å²) in [4.78, 5) is 14.1. The van der Waals surface area contributed by atoms with Crippen molar-refractivity contribution in [3.8, 4) is 0 Å². The maximum Gasteiger partial charge on any atom is 0.416 e. The molecule has 1 atom stereocenters. The van der Waals surface area contributed by atoms with Crippen LogP contribution in [0.2, 0.25) is 0 Å². The number of piperidine rings is 1. The van der Waals surface area contributed by atoms with Crippen molar-refractivity contribution in [1.29, 1.82) is 0 Å². The van der Waals surface area contributed by atoms with Crippen molar-refractivity contribution in [3.05, 3.63) is 65.5 Å². The number of sulfone groups is 1. The first-order valence-corrected chi connectivity index (χ1v) is 11.1. The third-order valence-electron chi connectivity index (χ3n) is 5.22. The molecule has 3 rings (SSSR count). The van der Waals surface area contributed by atoms with Crippen molar-refractivity contribution in [1.82, 2.24) is 4.90 Å². The normalized spacial score (nSPS) is 17.7. The van der Waals surface area contributed by atoms with E-state index in [1.165, 1.54) is 29.2 Å². The molecule has 1 saturated heterocycles. The number of rotatable bonds is 5. The van der Waals surface area contributed by atoms with Crippen LogP contribution in [0.15, 0.2) is 53.4 Å². The lowest BCUT2D eigenvalue weighted by atomic mass is 10.1. The summed E-state index contributed by atoms with van der Waals surface area (Å²) in [5, 5.41) is -0.772. The molecule has 162 valence electrons. The number of hydrogen-bond donors (Lipinski definition) is 0. The Kier molecular flexibility index (Phi) is 6.50. The lowest BCUT2D eigenvalue weighted by molar-refractivity contribution is -0.137. The van der Waals surface area contributed by atoms with E-state index in [1.54, 1.807) is 0 Å². The molecule has 0 spiro atoms. The largest absolute Gasteiger partial charge is 0.416 e. The highest BCUT2D eigenvalue weighted by atomic mass is 32.2. The van der Waals surface area contributed by atoms with Gasteiger partial charge in [0.15, 0.2) is 9.84 Å². The van der Waals surface area contributed by atoms with Gasteiger partial charge < -0.3 is 4.90 Å². The first-order chi connectivity index (χ1) is 14.1.